The third-order valence-electron chi connectivity index (χ3n) is 5.84. The quantitative estimate of drug-likeness (QED) is 0.321. The minimum Gasteiger partial charge on any atom is -0.503 e. The van der Waals surface area contributed by atoms with Crippen LogP contribution in [0.3, 0.4) is 0 Å². The van der Waals surface area contributed by atoms with Crippen molar-refractivity contribution in [2.45, 2.75) is 13.0 Å². The van der Waals surface area contributed by atoms with E-state index in [2.05, 4.69) is 4.98 Å². The van der Waals surface area contributed by atoms with E-state index in [4.69, 9.17) is 32.4 Å². The average molecular weight is 509 g/mol. The Balaban J connectivity index is 1.68. The zero-order valence-electron chi connectivity index (χ0n) is 18.6. The van der Waals surface area contributed by atoms with Crippen molar-refractivity contribution in [1.29, 1.82) is 0 Å². The predicted molar refractivity (Wildman–Crippen MR) is 132 cm³/mol. The Morgan fingerprint density at radius 3 is 2.63 bits per heavy atom. The summed E-state index contributed by atoms with van der Waals surface area (Å²) < 4.78 is 11.1. The van der Waals surface area contributed by atoms with Crippen molar-refractivity contribution in [3.05, 3.63) is 99.2 Å². The number of nitrogens with zero attached hydrogens (tertiary/aromatic N) is 2. The summed E-state index contributed by atoms with van der Waals surface area (Å²) in [5, 5.41) is 12.3. The number of benzene rings is 2. The van der Waals surface area contributed by atoms with Crippen molar-refractivity contribution in [3.8, 4) is 5.75 Å². The van der Waals surface area contributed by atoms with Crippen LogP contribution in [0.4, 0.5) is 5.69 Å². The average Bonchev–Trinajstić information content (AvgIpc) is 3.39. The Kier molecular flexibility index (Phi) is 5.75. The number of pyridine rings is 1. The molecular weight excluding hydrogens is 491 g/mol. The number of Topliss-reactive ketones (excluding diaryl/α,β-unsaturated/α-hetero) is 1. The highest BCUT2D eigenvalue weighted by Gasteiger charge is 2.46. The van der Waals surface area contributed by atoms with Gasteiger partial charge in [0.05, 0.1) is 18.4 Å². The molecule has 1 aliphatic rings. The number of ketones is 1. The number of amides is 1. The molecule has 1 amide bonds. The number of hydrogen-bond donors (Lipinski definition) is 1. The van der Waals surface area contributed by atoms with Gasteiger partial charge in [-0.15, -0.1) is 0 Å². The Morgan fingerprint density at radius 2 is 1.91 bits per heavy atom. The van der Waals surface area contributed by atoms with Crippen LogP contribution in [0.1, 0.15) is 27.9 Å². The van der Waals surface area contributed by atoms with Crippen molar-refractivity contribution < 1.29 is 23.8 Å². The number of carbonyl (C=O) groups excluding carboxylic acids is 2. The van der Waals surface area contributed by atoms with Crippen LogP contribution in [0.15, 0.2) is 76.5 Å². The highest BCUT2D eigenvalue weighted by molar-refractivity contribution is 6.32. The molecule has 35 heavy (non-hydrogen) atoms. The Labute approximate surface area is 210 Å². The molecule has 0 aliphatic carbocycles. The van der Waals surface area contributed by atoms with Gasteiger partial charge in [0.15, 0.2) is 22.9 Å². The fourth-order valence-corrected chi connectivity index (χ4v) is 4.61. The van der Waals surface area contributed by atoms with E-state index in [0.717, 1.165) is 5.56 Å². The third-order valence-corrected chi connectivity index (χ3v) is 6.30. The molecule has 0 saturated carbocycles. The molecule has 0 saturated heterocycles. The number of carbonyl (C=O) groups is 2. The largest absolute Gasteiger partial charge is 0.503 e. The van der Waals surface area contributed by atoms with Crippen LogP contribution in [0.5, 0.6) is 5.75 Å². The first-order chi connectivity index (χ1) is 16.8. The first-order valence-corrected chi connectivity index (χ1v) is 11.3. The smallest absolute Gasteiger partial charge is 0.294 e. The summed E-state index contributed by atoms with van der Waals surface area (Å²) in [5.74, 6) is -1.82. The van der Waals surface area contributed by atoms with Crippen LogP contribution in [-0.4, -0.2) is 28.9 Å². The van der Waals surface area contributed by atoms with Gasteiger partial charge in [0.2, 0.25) is 5.78 Å². The predicted octanol–water partition coefficient (Wildman–Crippen LogP) is 6.23. The second-order valence-electron chi connectivity index (χ2n) is 7.99. The fourth-order valence-electron chi connectivity index (χ4n) is 4.23. The van der Waals surface area contributed by atoms with Gasteiger partial charge in [-0.05, 0) is 48.9 Å². The number of aliphatic hydroxyl groups is 1. The topological polar surface area (TPSA) is 92.9 Å². The lowest BCUT2D eigenvalue weighted by atomic mass is 9.97. The number of aryl methyl sites for hydroxylation is 1. The van der Waals surface area contributed by atoms with Crippen molar-refractivity contribution in [1.82, 2.24) is 4.98 Å². The summed E-state index contributed by atoms with van der Waals surface area (Å²) in [6.45, 7) is 1.81. The number of hydrogen-bond acceptors (Lipinski definition) is 6. The Morgan fingerprint density at radius 1 is 1.11 bits per heavy atom. The number of ether oxygens (including phenoxy) is 1. The molecule has 3 heterocycles. The Bertz CT molecular complexity index is 1530. The fraction of sp³-hybridized carbons (Fsp3) is 0.115. The normalized spacial score (nSPS) is 15.8. The molecular formula is C26H18Cl2N2O5. The third kappa shape index (κ3) is 3.83. The summed E-state index contributed by atoms with van der Waals surface area (Å²) in [4.78, 5) is 32.8. The molecule has 0 bridgehead atoms. The van der Waals surface area contributed by atoms with Crippen LogP contribution >= 0.6 is 23.2 Å². The van der Waals surface area contributed by atoms with Gasteiger partial charge in [0, 0.05) is 33.4 Å². The number of rotatable bonds is 5. The van der Waals surface area contributed by atoms with Gasteiger partial charge in [-0.25, -0.2) is 0 Å². The zero-order valence-corrected chi connectivity index (χ0v) is 20.1. The maximum absolute atomic E-state index is 13.8. The first kappa shape index (κ1) is 23.0. The standard InChI is InChI=1S/C26H18Cl2N2O5/c1-13-6-7-15(27)11-18(13)30-22(17-5-3-4-8-29-17)21(24(32)26(30)33)23(31)19-10-14-9-16(28)12-20(34-2)25(14)35-19/h3-12,22,32H,1-2H3. The molecule has 176 valence electrons. The van der Waals surface area contributed by atoms with Gasteiger partial charge in [-0.2, -0.15) is 0 Å². The van der Waals surface area contributed by atoms with E-state index in [1.807, 2.05) is 0 Å². The summed E-state index contributed by atoms with van der Waals surface area (Å²) in [6, 6.07) is 13.9. The van der Waals surface area contributed by atoms with E-state index in [0.29, 0.717) is 38.1 Å². The van der Waals surface area contributed by atoms with Crippen LogP contribution in [0.25, 0.3) is 11.0 Å². The number of halogens is 2. The highest BCUT2D eigenvalue weighted by atomic mass is 35.5. The molecule has 2 aromatic carbocycles. The van der Waals surface area contributed by atoms with E-state index < -0.39 is 23.5 Å². The van der Waals surface area contributed by atoms with Gasteiger partial charge in [0.1, 0.15) is 6.04 Å². The Hall–Kier alpha value is -3.81. The summed E-state index contributed by atoms with van der Waals surface area (Å²) >= 11 is 12.4. The van der Waals surface area contributed by atoms with E-state index in [-0.39, 0.29) is 11.3 Å². The number of aromatic nitrogens is 1. The second-order valence-corrected chi connectivity index (χ2v) is 8.86. The maximum Gasteiger partial charge on any atom is 0.294 e. The van der Waals surface area contributed by atoms with Gasteiger partial charge in [-0.1, -0.05) is 35.3 Å². The molecule has 1 N–H and O–H groups in total. The molecule has 2 aromatic heterocycles. The molecule has 0 spiro atoms. The van der Waals surface area contributed by atoms with Gasteiger partial charge >= 0.3 is 0 Å². The number of aliphatic hydroxyl groups excluding tert-OH is 1. The van der Waals surface area contributed by atoms with Crippen molar-refractivity contribution in [2.75, 3.05) is 12.0 Å². The van der Waals surface area contributed by atoms with Gasteiger partial charge in [0.25, 0.3) is 5.91 Å². The van der Waals surface area contributed by atoms with E-state index >= 15 is 0 Å². The highest BCUT2D eigenvalue weighted by Crippen LogP contribution is 2.43. The summed E-state index contributed by atoms with van der Waals surface area (Å²) in [7, 11) is 1.46. The minimum atomic E-state index is -1.01. The summed E-state index contributed by atoms with van der Waals surface area (Å²) in [6.07, 6.45) is 1.55. The zero-order chi connectivity index (χ0) is 24.9. The number of anilines is 1. The van der Waals surface area contributed by atoms with Crippen LogP contribution in [-0.2, 0) is 4.79 Å². The molecule has 0 radical (unpaired) electrons. The minimum absolute atomic E-state index is 0.0829. The molecule has 9 heteroatoms. The maximum atomic E-state index is 13.8. The van der Waals surface area contributed by atoms with E-state index in [1.54, 1.807) is 61.7 Å². The first-order valence-electron chi connectivity index (χ1n) is 10.6. The van der Waals surface area contributed by atoms with E-state index in [1.165, 1.54) is 18.1 Å². The molecule has 1 aliphatic heterocycles. The molecule has 0 fully saturated rings. The van der Waals surface area contributed by atoms with Gasteiger partial charge in [-0.3, -0.25) is 19.5 Å². The van der Waals surface area contributed by atoms with Crippen molar-refractivity contribution in [2.24, 2.45) is 0 Å². The lowest BCUT2D eigenvalue weighted by Crippen LogP contribution is -2.32. The molecule has 4 aromatic rings. The summed E-state index contributed by atoms with van der Waals surface area (Å²) in [5.41, 5.74) is 1.74. The molecule has 1 atom stereocenters. The monoisotopic (exact) mass is 508 g/mol. The second kappa shape index (κ2) is 8.76. The van der Waals surface area contributed by atoms with Crippen LogP contribution in [0.2, 0.25) is 10.0 Å². The number of fused-ring (bicyclic) bond motifs is 1. The van der Waals surface area contributed by atoms with Crippen LogP contribution < -0.4 is 9.64 Å². The van der Waals surface area contributed by atoms with E-state index in [9.17, 15) is 14.7 Å². The van der Waals surface area contributed by atoms with Crippen molar-refractivity contribution in [3.63, 3.8) is 0 Å². The SMILES string of the molecule is COc1cc(Cl)cc2cc(C(=O)C3=C(O)C(=O)N(c4cc(Cl)ccc4C)C3c3ccccn3)oc12. The molecule has 7 nitrogen and oxygen atoms in total. The molecule has 5 rings (SSSR count). The van der Waals surface area contributed by atoms with Crippen LogP contribution in [0, 0.1) is 6.92 Å². The number of methoxy groups -OCH3 is 1. The number of furan rings is 1. The lowest BCUT2D eigenvalue weighted by Gasteiger charge is -2.27. The van der Waals surface area contributed by atoms with Gasteiger partial charge < -0.3 is 14.3 Å². The lowest BCUT2D eigenvalue weighted by molar-refractivity contribution is -0.117. The molecule has 1 unspecified atom stereocenters. The van der Waals surface area contributed by atoms with Crippen molar-refractivity contribution >= 4 is 51.5 Å².